The van der Waals surface area contributed by atoms with E-state index in [0.29, 0.717) is 16.4 Å². The zero-order chi connectivity index (χ0) is 23.1. The molecule has 1 heterocycles. The summed E-state index contributed by atoms with van der Waals surface area (Å²) in [5.74, 6) is 0.247. The first-order valence-electron chi connectivity index (χ1n) is 10.3. The average molecular weight is 454 g/mol. The summed E-state index contributed by atoms with van der Waals surface area (Å²) in [7, 11) is 3.20. The molecule has 0 aliphatic carbocycles. The summed E-state index contributed by atoms with van der Waals surface area (Å²) in [6.07, 6.45) is 0. The van der Waals surface area contributed by atoms with Gasteiger partial charge in [0.05, 0.1) is 18.4 Å². The highest BCUT2D eigenvalue weighted by molar-refractivity contribution is 7.99. The summed E-state index contributed by atoms with van der Waals surface area (Å²) in [5.41, 5.74) is 3.05. The molecular formula is C23H27N5O3S. The Morgan fingerprint density at radius 1 is 1.09 bits per heavy atom. The Balaban J connectivity index is 1.62. The van der Waals surface area contributed by atoms with Gasteiger partial charge in [-0.05, 0) is 56.3 Å². The number of amides is 1. The number of benzene rings is 2. The third-order valence-corrected chi connectivity index (χ3v) is 6.01. The number of ether oxygens (including phenoxy) is 1. The molecule has 0 aliphatic heterocycles. The zero-order valence-corrected chi connectivity index (χ0v) is 19.5. The third kappa shape index (κ3) is 5.47. The molecule has 0 spiro atoms. The quantitative estimate of drug-likeness (QED) is 0.389. The predicted octanol–water partition coefficient (Wildman–Crippen LogP) is 3.85. The smallest absolute Gasteiger partial charge is 0.337 e. The van der Waals surface area contributed by atoms with E-state index in [0.717, 1.165) is 24.5 Å². The summed E-state index contributed by atoms with van der Waals surface area (Å²) in [6, 6.07) is 14.9. The molecule has 1 aromatic heterocycles. The van der Waals surface area contributed by atoms with Crippen molar-refractivity contribution in [3.63, 3.8) is 0 Å². The van der Waals surface area contributed by atoms with Crippen LogP contribution in [0.5, 0.6) is 0 Å². The fourth-order valence-electron chi connectivity index (χ4n) is 3.27. The Bertz CT molecular complexity index is 1080. The number of hydrogen-bond acceptors (Lipinski definition) is 7. The van der Waals surface area contributed by atoms with E-state index in [1.807, 2.05) is 23.7 Å². The molecule has 0 unspecified atom stereocenters. The lowest BCUT2D eigenvalue weighted by molar-refractivity contribution is -0.113. The van der Waals surface area contributed by atoms with Crippen LogP contribution >= 0.6 is 11.8 Å². The Hall–Kier alpha value is -3.33. The molecule has 0 bridgehead atoms. The maximum Gasteiger partial charge on any atom is 0.337 e. The van der Waals surface area contributed by atoms with Crippen molar-refractivity contribution >= 4 is 35.0 Å². The van der Waals surface area contributed by atoms with E-state index in [1.54, 1.807) is 24.3 Å². The molecule has 168 valence electrons. The molecule has 32 heavy (non-hydrogen) atoms. The fourth-order valence-corrected chi connectivity index (χ4v) is 3.98. The van der Waals surface area contributed by atoms with Crippen molar-refractivity contribution in [1.82, 2.24) is 14.8 Å². The van der Waals surface area contributed by atoms with Crippen LogP contribution in [0.2, 0.25) is 0 Å². The highest BCUT2D eigenvalue weighted by Gasteiger charge is 2.14. The van der Waals surface area contributed by atoms with Crippen LogP contribution in [0, 0.1) is 0 Å². The van der Waals surface area contributed by atoms with E-state index in [2.05, 4.69) is 46.4 Å². The standard InChI is InChI=1S/C23H27N5O3S/c1-5-28(6-2)19-12-10-16(11-13-19)21-25-26-23(27(21)3)32-15-20(29)24-18-9-7-8-17(14-18)22(30)31-4/h7-14H,5-6,15H2,1-4H3,(H,24,29). The van der Waals surface area contributed by atoms with Crippen molar-refractivity contribution in [2.75, 3.05) is 36.2 Å². The van der Waals surface area contributed by atoms with E-state index in [1.165, 1.54) is 24.6 Å². The maximum atomic E-state index is 12.4. The van der Waals surface area contributed by atoms with Gasteiger partial charge in [-0.3, -0.25) is 4.79 Å². The summed E-state index contributed by atoms with van der Waals surface area (Å²) in [4.78, 5) is 26.3. The summed E-state index contributed by atoms with van der Waals surface area (Å²) in [5, 5.41) is 12.0. The van der Waals surface area contributed by atoms with Gasteiger partial charge < -0.3 is 19.5 Å². The van der Waals surface area contributed by atoms with Crippen LogP contribution in [-0.2, 0) is 16.6 Å². The van der Waals surface area contributed by atoms with Crippen LogP contribution in [0.1, 0.15) is 24.2 Å². The van der Waals surface area contributed by atoms with Crippen molar-refractivity contribution in [2.45, 2.75) is 19.0 Å². The number of carbonyl (C=O) groups is 2. The first kappa shape index (κ1) is 23.3. The minimum Gasteiger partial charge on any atom is -0.465 e. The number of esters is 1. The van der Waals surface area contributed by atoms with Crippen LogP contribution in [0.25, 0.3) is 11.4 Å². The molecule has 3 rings (SSSR count). The van der Waals surface area contributed by atoms with Crippen LogP contribution in [0.4, 0.5) is 11.4 Å². The molecule has 0 fully saturated rings. The van der Waals surface area contributed by atoms with E-state index in [9.17, 15) is 9.59 Å². The van der Waals surface area contributed by atoms with Crippen LogP contribution < -0.4 is 10.2 Å². The van der Waals surface area contributed by atoms with Gasteiger partial charge in [-0.2, -0.15) is 0 Å². The Labute approximate surface area is 192 Å². The number of anilines is 2. The highest BCUT2D eigenvalue weighted by atomic mass is 32.2. The van der Waals surface area contributed by atoms with Gasteiger partial charge in [0, 0.05) is 37.1 Å². The van der Waals surface area contributed by atoms with Crippen molar-refractivity contribution in [3.8, 4) is 11.4 Å². The lowest BCUT2D eigenvalue weighted by Crippen LogP contribution is -2.21. The van der Waals surface area contributed by atoms with E-state index >= 15 is 0 Å². The van der Waals surface area contributed by atoms with Crippen molar-refractivity contribution < 1.29 is 14.3 Å². The number of hydrogen-bond donors (Lipinski definition) is 1. The molecule has 2 aromatic carbocycles. The Morgan fingerprint density at radius 2 is 1.81 bits per heavy atom. The summed E-state index contributed by atoms with van der Waals surface area (Å²) in [6.45, 7) is 6.18. The van der Waals surface area contributed by atoms with E-state index in [4.69, 9.17) is 4.74 Å². The number of carbonyl (C=O) groups excluding carboxylic acids is 2. The molecule has 0 aliphatic rings. The van der Waals surface area contributed by atoms with Crippen LogP contribution in [-0.4, -0.2) is 52.6 Å². The maximum absolute atomic E-state index is 12.4. The minimum atomic E-state index is -0.452. The summed E-state index contributed by atoms with van der Waals surface area (Å²) < 4.78 is 6.58. The van der Waals surface area contributed by atoms with Crippen molar-refractivity contribution in [3.05, 3.63) is 54.1 Å². The number of nitrogens with one attached hydrogen (secondary N) is 1. The minimum absolute atomic E-state index is 0.162. The third-order valence-electron chi connectivity index (χ3n) is 4.99. The molecule has 1 N–H and O–H groups in total. The Kier molecular flexibility index (Phi) is 7.88. The van der Waals surface area contributed by atoms with Gasteiger partial charge in [0.2, 0.25) is 5.91 Å². The molecule has 3 aromatic rings. The van der Waals surface area contributed by atoms with Gasteiger partial charge in [0.1, 0.15) is 0 Å². The lowest BCUT2D eigenvalue weighted by Gasteiger charge is -2.21. The highest BCUT2D eigenvalue weighted by Crippen LogP contribution is 2.25. The molecule has 0 saturated carbocycles. The molecule has 9 heteroatoms. The van der Waals surface area contributed by atoms with Crippen molar-refractivity contribution in [1.29, 1.82) is 0 Å². The molecule has 0 radical (unpaired) electrons. The largest absolute Gasteiger partial charge is 0.465 e. The van der Waals surface area contributed by atoms with Crippen LogP contribution in [0.15, 0.2) is 53.7 Å². The first-order valence-corrected chi connectivity index (χ1v) is 11.3. The van der Waals surface area contributed by atoms with Gasteiger partial charge in [-0.15, -0.1) is 10.2 Å². The van der Waals surface area contributed by atoms with Gasteiger partial charge in [0.15, 0.2) is 11.0 Å². The van der Waals surface area contributed by atoms with E-state index < -0.39 is 5.97 Å². The number of aromatic nitrogens is 3. The second kappa shape index (κ2) is 10.8. The topological polar surface area (TPSA) is 89.3 Å². The predicted molar refractivity (Wildman–Crippen MR) is 127 cm³/mol. The summed E-state index contributed by atoms with van der Waals surface area (Å²) >= 11 is 1.30. The molecular weight excluding hydrogens is 426 g/mol. The van der Waals surface area contributed by atoms with Gasteiger partial charge in [-0.1, -0.05) is 17.8 Å². The monoisotopic (exact) mass is 453 g/mol. The fraction of sp³-hybridized carbons (Fsp3) is 0.304. The van der Waals surface area contributed by atoms with Gasteiger partial charge in [-0.25, -0.2) is 4.79 Å². The van der Waals surface area contributed by atoms with Gasteiger partial charge >= 0.3 is 5.97 Å². The van der Waals surface area contributed by atoms with Crippen molar-refractivity contribution in [2.24, 2.45) is 7.05 Å². The Morgan fingerprint density at radius 3 is 2.47 bits per heavy atom. The zero-order valence-electron chi connectivity index (χ0n) is 18.7. The average Bonchev–Trinajstić information content (AvgIpc) is 3.18. The number of methoxy groups -OCH3 is 1. The molecule has 8 nitrogen and oxygen atoms in total. The number of rotatable bonds is 9. The normalized spacial score (nSPS) is 10.6. The van der Waals surface area contributed by atoms with Gasteiger partial charge in [0.25, 0.3) is 0 Å². The second-order valence-electron chi connectivity index (χ2n) is 6.99. The first-order chi connectivity index (χ1) is 15.5. The molecule has 0 atom stereocenters. The molecule has 0 saturated heterocycles. The number of nitrogens with zero attached hydrogens (tertiary/aromatic N) is 4. The number of thioether (sulfide) groups is 1. The second-order valence-corrected chi connectivity index (χ2v) is 7.94. The molecule has 1 amide bonds. The van der Waals surface area contributed by atoms with E-state index in [-0.39, 0.29) is 11.7 Å². The SMILES string of the molecule is CCN(CC)c1ccc(-c2nnc(SCC(=O)Nc3cccc(C(=O)OC)c3)n2C)cc1. The lowest BCUT2D eigenvalue weighted by atomic mass is 10.2. The van der Waals surface area contributed by atoms with Crippen LogP contribution in [0.3, 0.4) is 0 Å².